The van der Waals surface area contributed by atoms with Crippen molar-refractivity contribution in [1.29, 1.82) is 10.5 Å². The van der Waals surface area contributed by atoms with Crippen LogP contribution in [0.25, 0.3) is 0 Å². The number of benzene rings is 1. The van der Waals surface area contributed by atoms with Crippen molar-refractivity contribution >= 4 is 22.4 Å². The number of halogens is 2. The van der Waals surface area contributed by atoms with Gasteiger partial charge in [-0.2, -0.15) is 10.5 Å². The van der Waals surface area contributed by atoms with Crippen molar-refractivity contribution in [1.82, 2.24) is 4.98 Å². The van der Waals surface area contributed by atoms with Gasteiger partial charge in [0.2, 0.25) is 11.8 Å². The van der Waals surface area contributed by atoms with E-state index in [2.05, 4.69) is 10.3 Å². The second kappa shape index (κ2) is 8.12. The standard InChI is InChI=1S/C22H20F2N4OS/c23-22(24)8-7-14(10-22)19(13-5-6-15(11-25)16(9-13)12-26)20(29)28-21-27-17-3-1-2-4-18(17)30-21/h5-6,9,14,19H,1-4,7-8,10H2,(H,27,28,29). The molecule has 0 saturated heterocycles. The van der Waals surface area contributed by atoms with E-state index in [4.69, 9.17) is 5.26 Å². The number of hydrogen-bond acceptors (Lipinski definition) is 5. The molecule has 2 atom stereocenters. The normalized spacial score (nSPS) is 20.6. The van der Waals surface area contributed by atoms with Crippen molar-refractivity contribution in [3.05, 3.63) is 45.5 Å². The Kier molecular flexibility index (Phi) is 5.53. The van der Waals surface area contributed by atoms with Gasteiger partial charge in [-0.25, -0.2) is 13.8 Å². The molecule has 1 N–H and O–H groups in total. The van der Waals surface area contributed by atoms with Crippen molar-refractivity contribution in [3.63, 3.8) is 0 Å². The first-order valence-electron chi connectivity index (χ1n) is 10.0. The van der Waals surface area contributed by atoms with E-state index in [1.165, 1.54) is 28.3 Å². The van der Waals surface area contributed by atoms with Crippen molar-refractivity contribution in [2.75, 3.05) is 5.32 Å². The van der Waals surface area contributed by atoms with Crippen LogP contribution < -0.4 is 5.32 Å². The average molecular weight is 426 g/mol. The number of carbonyl (C=O) groups is 1. The number of aryl methyl sites for hydroxylation is 2. The van der Waals surface area contributed by atoms with Crippen LogP contribution in [0.4, 0.5) is 13.9 Å². The van der Waals surface area contributed by atoms with E-state index in [1.807, 2.05) is 12.1 Å². The number of rotatable bonds is 4. The predicted molar refractivity (Wildman–Crippen MR) is 108 cm³/mol. The van der Waals surface area contributed by atoms with Gasteiger partial charge >= 0.3 is 0 Å². The second-order valence-electron chi connectivity index (χ2n) is 7.95. The minimum absolute atomic E-state index is 0.141. The number of fused-ring (bicyclic) bond motifs is 1. The molecule has 1 fully saturated rings. The first kappa shape index (κ1) is 20.4. The minimum atomic E-state index is -2.80. The van der Waals surface area contributed by atoms with Crippen LogP contribution in [0.2, 0.25) is 0 Å². The van der Waals surface area contributed by atoms with E-state index < -0.39 is 23.7 Å². The van der Waals surface area contributed by atoms with Crippen molar-refractivity contribution in [2.45, 2.75) is 56.8 Å². The molecule has 2 aliphatic rings. The number of nitriles is 2. The summed E-state index contributed by atoms with van der Waals surface area (Å²) in [4.78, 5) is 18.9. The number of amides is 1. The highest BCUT2D eigenvalue weighted by Gasteiger charge is 2.45. The molecule has 1 aromatic carbocycles. The topological polar surface area (TPSA) is 89.6 Å². The summed E-state index contributed by atoms with van der Waals surface area (Å²) < 4.78 is 27.9. The van der Waals surface area contributed by atoms with E-state index in [9.17, 15) is 18.8 Å². The number of carbonyl (C=O) groups excluding carboxylic acids is 1. The van der Waals surface area contributed by atoms with Gasteiger partial charge in [0.05, 0.1) is 22.7 Å². The Morgan fingerprint density at radius 2 is 2.00 bits per heavy atom. The third-order valence-corrected chi connectivity index (χ3v) is 6.99. The maximum Gasteiger partial charge on any atom is 0.248 e. The number of thiazole rings is 1. The van der Waals surface area contributed by atoms with Gasteiger partial charge in [0.1, 0.15) is 12.1 Å². The lowest BCUT2D eigenvalue weighted by molar-refractivity contribution is -0.118. The first-order valence-corrected chi connectivity index (χ1v) is 10.8. The third kappa shape index (κ3) is 4.06. The third-order valence-electron chi connectivity index (χ3n) is 5.92. The van der Waals surface area contributed by atoms with E-state index in [0.29, 0.717) is 10.7 Å². The van der Waals surface area contributed by atoms with E-state index >= 15 is 0 Å². The highest BCUT2D eigenvalue weighted by atomic mass is 32.1. The summed E-state index contributed by atoms with van der Waals surface area (Å²) in [6.45, 7) is 0. The summed E-state index contributed by atoms with van der Waals surface area (Å²) in [6.07, 6.45) is 3.61. The van der Waals surface area contributed by atoms with Crippen LogP contribution in [0.3, 0.4) is 0 Å². The zero-order chi connectivity index (χ0) is 21.3. The molecule has 4 rings (SSSR count). The van der Waals surface area contributed by atoms with Gasteiger partial charge in [0.25, 0.3) is 0 Å². The fourth-order valence-corrected chi connectivity index (χ4v) is 5.49. The molecule has 0 spiro atoms. The number of nitrogens with zero attached hydrogens (tertiary/aromatic N) is 3. The summed E-state index contributed by atoms with van der Waals surface area (Å²) in [6, 6.07) is 8.44. The zero-order valence-electron chi connectivity index (χ0n) is 16.3. The van der Waals surface area contributed by atoms with Crippen LogP contribution >= 0.6 is 11.3 Å². The Balaban J connectivity index is 1.65. The number of alkyl halides is 2. The molecule has 2 unspecified atom stereocenters. The molecule has 30 heavy (non-hydrogen) atoms. The van der Waals surface area contributed by atoms with E-state index in [1.54, 1.807) is 6.07 Å². The second-order valence-corrected chi connectivity index (χ2v) is 9.03. The van der Waals surface area contributed by atoms with Gasteiger partial charge in [0, 0.05) is 17.7 Å². The Morgan fingerprint density at radius 3 is 2.67 bits per heavy atom. The van der Waals surface area contributed by atoms with Crippen molar-refractivity contribution in [3.8, 4) is 12.1 Å². The average Bonchev–Trinajstić information content (AvgIpc) is 3.29. The lowest BCUT2D eigenvalue weighted by atomic mass is 9.83. The summed E-state index contributed by atoms with van der Waals surface area (Å²) in [5.41, 5.74) is 1.83. The summed E-state index contributed by atoms with van der Waals surface area (Å²) in [5.74, 6) is -4.57. The largest absolute Gasteiger partial charge is 0.301 e. The van der Waals surface area contributed by atoms with Gasteiger partial charge in [-0.15, -0.1) is 11.3 Å². The summed E-state index contributed by atoms with van der Waals surface area (Å²) in [7, 11) is 0. The number of aromatic nitrogens is 1. The maximum absolute atomic E-state index is 13.9. The van der Waals surface area contributed by atoms with Crippen LogP contribution in [0.5, 0.6) is 0 Å². The Labute approximate surface area is 177 Å². The SMILES string of the molecule is N#Cc1ccc(C(C(=O)Nc2nc3c(s2)CCCC3)C2CCC(F)(F)C2)cc1C#N. The highest BCUT2D eigenvalue weighted by molar-refractivity contribution is 7.15. The predicted octanol–water partition coefficient (Wildman–Crippen LogP) is 4.92. The van der Waals surface area contributed by atoms with Crippen LogP contribution in [-0.2, 0) is 17.6 Å². The monoisotopic (exact) mass is 426 g/mol. The maximum atomic E-state index is 13.9. The van der Waals surface area contributed by atoms with E-state index in [0.717, 1.165) is 31.4 Å². The molecule has 154 valence electrons. The van der Waals surface area contributed by atoms with Crippen LogP contribution in [0.1, 0.15) is 65.3 Å². The van der Waals surface area contributed by atoms with Crippen molar-refractivity contribution in [2.24, 2.45) is 5.92 Å². The first-order chi connectivity index (χ1) is 14.4. The molecule has 8 heteroatoms. The quantitative estimate of drug-likeness (QED) is 0.751. The van der Waals surface area contributed by atoms with E-state index in [-0.39, 0.29) is 30.4 Å². The number of hydrogen-bond donors (Lipinski definition) is 1. The Bertz CT molecular complexity index is 1040. The molecule has 0 bridgehead atoms. The summed E-state index contributed by atoms with van der Waals surface area (Å²) in [5, 5.41) is 21.8. The molecule has 2 aromatic rings. The molecule has 0 radical (unpaired) electrons. The molecular formula is C22H20F2N4OS. The Hall–Kier alpha value is -2.84. The lowest BCUT2D eigenvalue weighted by Gasteiger charge is -2.23. The molecule has 0 aliphatic heterocycles. The van der Waals surface area contributed by atoms with Gasteiger partial charge in [-0.3, -0.25) is 4.79 Å². The zero-order valence-corrected chi connectivity index (χ0v) is 17.1. The molecular weight excluding hydrogens is 406 g/mol. The molecule has 1 aromatic heterocycles. The number of anilines is 1. The number of nitrogens with one attached hydrogen (secondary N) is 1. The van der Waals surface area contributed by atoms with Gasteiger partial charge in [-0.1, -0.05) is 6.07 Å². The minimum Gasteiger partial charge on any atom is -0.301 e. The summed E-state index contributed by atoms with van der Waals surface area (Å²) >= 11 is 1.45. The molecule has 1 saturated carbocycles. The molecule has 2 aliphatic carbocycles. The lowest BCUT2D eigenvalue weighted by Crippen LogP contribution is -2.27. The Morgan fingerprint density at radius 1 is 1.23 bits per heavy atom. The van der Waals surface area contributed by atoms with Crippen LogP contribution in [-0.4, -0.2) is 16.8 Å². The smallest absolute Gasteiger partial charge is 0.248 e. The van der Waals surface area contributed by atoms with Gasteiger partial charge in [-0.05, 0) is 55.7 Å². The van der Waals surface area contributed by atoms with Crippen LogP contribution in [0.15, 0.2) is 18.2 Å². The molecule has 1 amide bonds. The fraction of sp³-hybridized carbons (Fsp3) is 0.455. The molecule has 5 nitrogen and oxygen atoms in total. The van der Waals surface area contributed by atoms with Crippen molar-refractivity contribution < 1.29 is 13.6 Å². The molecule has 1 heterocycles. The van der Waals surface area contributed by atoms with Gasteiger partial charge < -0.3 is 5.32 Å². The fourth-order valence-electron chi connectivity index (χ4n) is 4.44. The highest BCUT2D eigenvalue weighted by Crippen LogP contribution is 2.46. The van der Waals surface area contributed by atoms with Gasteiger partial charge in [0.15, 0.2) is 5.13 Å². The van der Waals surface area contributed by atoms with Crippen LogP contribution in [0, 0.1) is 28.6 Å².